The fraction of sp³-hybridized carbons (Fsp3) is 0.867. The number of hydrogen-bond donors (Lipinski definition) is 2. The fourth-order valence-electron chi connectivity index (χ4n) is 3.00. The van der Waals surface area contributed by atoms with Gasteiger partial charge in [0.25, 0.3) is 0 Å². The summed E-state index contributed by atoms with van der Waals surface area (Å²) >= 11 is 0. The Morgan fingerprint density at radius 2 is 2.05 bits per heavy atom. The first-order chi connectivity index (χ1) is 9.58. The van der Waals surface area contributed by atoms with E-state index < -0.39 is 0 Å². The van der Waals surface area contributed by atoms with E-state index in [9.17, 15) is 9.59 Å². The van der Waals surface area contributed by atoms with Gasteiger partial charge in [-0.15, -0.1) is 12.4 Å². The molecule has 5 nitrogen and oxygen atoms in total. The van der Waals surface area contributed by atoms with Crippen molar-refractivity contribution in [3.8, 4) is 0 Å². The number of nitrogens with one attached hydrogen (secondary N) is 2. The summed E-state index contributed by atoms with van der Waals surface area (Å²) in [5.74, 6) is 0.782. The second-order valence-corrected chi connectivity index (χ2v) is 6.34. The minimum absolute atomic E-state index is 0. The maximum absolute atomic E-state index is 12.4. The summed E-state index contributed by atoms with van der Waals surface area (Å²) in [6, 6.07) is 0.0269. The van der Waals surface area contributed by atoms with Crippen LogP contribution in [0.2, 0.25) is 0 Å². The molecule has 6 heteroatoms. The van der Waals surface area contributed by atoms with E-state index in [1.807, 2.05) is 18.7 Å². The van der Waals surface area contributed by atoms with Gasteiger partial charge in [-0.1, -0.05) is 13.8 Å². The summed E-state index contributed by atoms with van der Waals surface area (Å²) < 4.78 is 0. The highest BCUT2D eigenvalue weighted by molar-refractivity contribution is 5.85. The van der Waals surface area contributed by atoms with Crippen molar-refractivity contribution >= 4 is 24.2 Å². The van der Waals surface area contributed by atoms with Crippen LogP contribution < -0.4 is 10.6 Å². The molecule has 0 aliphatic carbocycles. The summed E-state index contributed by atoms with van der Waals surface area (Å²) in [7, 11) is 0. The molecule has 2 aliphatic rings. The predicted molar refractivity (Wildman–Crippen MR) is 85.4 cm³/mol. The number of rotatable bonds is 4. The Balaban J connectivity index is 0.00000220. The van der Waals surface area contributed by atoms with Crippen LogP contribution in [0.15, 0.2) is 0 Å². The first-order valence-corrected chi connectivity index (χ1v) is 7.88. The van der Waals surface area contributed by atoms with Gasteiger partial charge in [-0.3, -0.25) is 9.59 Å². The molecule has 2 unspecified atom stereocenters. The van der Waals surface area contributed by atoms with Gasteiger partial charge in [0.15, 0.2) is 0 Å². The zero-order chi connectivity index (χ0) is 14.5. The van der Waals surface area contributed by atoms with Crippen molar-refractivity contribution in [1.82, 2.24) is 15.5 Å². The molecule has 0 aromatic heterocycles. The molecular formula is C15H28ClN3O2. The number of halogens is 1. The highest BCUT2D eigenvalue weighted by atomic mass is 35.5. The molecule has 0 spiro atoms. The summed E-state index contributed by atoms with van der Waals surface area (Å²) in [4.78, 5) is 26.0. The van der Waals surface area contributed by atoms with Crippen molar-refractivity contribution in [1.29, 1.82) is 0 Å². The van der Waals surface area contributed by atoms with Crippen LogP contribution >= 0.6 is 12.4 Å². The van der Waals surface area contributed by atoms with E-state index >= 15 is 0 Å². The Morgan fingerprint density at radius 1 is 1.29 bits per heavy atom. The second kappa shape index (κ2) is 8.59. The van der Waals surface area contributed by atoms with Gasteiger partial charge in [-0.2, -0.15) is 0 Å². The minimum atomic E-state index is 0. The third kappa shape index (κ3) is 5.15. The van der Waals surface area contributed by atoms with Crippen molar-refractivity contribution in [2.24, 2.45) is 11.8 Å². The Kier molecular flexibility index (Phi) is 7.46. The van der Waals surface area contributed by atoms with E-state index in [0.717, 1.165) is 45.3 Å². The number of likely N-dealkylation sites (tertiary alicyclic amines) is 1. The van der Waals surface area contributed by atoms with E-state index in [-0.39, 0.29) is 36.2 Å². The quantitative estimate of drug-likeness (QED) is 0.818. The molecule has 2 heterocycles. The molecule has 2 N–H and O–H groups in total. The van der Waals surface area contributed by atoms with Crippen LogP contribution in [0.3, 0.4) is 0 Å². The Hall–Kier alpha value is -0.810. The smallest absolute Gasteiger partial charge is 0.239 e. The lowest BCUT2D eigenvalue weighted by molar-refractivity contribution is -0.134. The van der Waals surface area contributed by atoms with E-state index in [4.69, 9.17) is 0 Å². The highest BCUT2D eigenvalue weighted by Gasteiger charge is 2.30. The zero-order valence-corrected chi connectivity index (χ0v) is 13.9. The third-order valence-electron chi connectivity index (χ3n) is 4.28. The molecule has 0 aromatic carbocycles. The van der Waals surface area contributed by atoms with Gasteiger partial charge >= 0.3 is 0 Å². The van der Waals surface area contributed by atoms with Gasteiger partial charge in [0.05, 0.1) is 6.04 Å². The second-order valence-electron chi connectivity index (χ2n) is 6.34. The molecule has 2 fully saturated rings. The van der Waals surface area contributed by atoms with Gasteiger partial charge < -0.3 is 15.5 Å². The van der Waals surface area contributed by atoms with Gasteiger partial charge in [0.1, 0.15) is 0 Å². The van der Waals surface area contributed by atoms with Crippen LogP contribution in [-0.2, 0) is 9.59 Å². The van der Waals surface area contributed by atoms with Gasteiger partial charge in [0.2, 0.25) is 11.8 Å². The molecule has 0 saturated carbocycles. The molecule has 0 bridgehead atoms. The standard InChI is InChI=1S/C15H27N3O2.ClH/c1-11(2)14(19)17-9-12-5-4-8-18(10-12)15(20)13-6-3-7-16-13;/h11-13,16H,3-10H2,1-2H3,(H,17,19);1H. The van der Waals surface area contributed by atoms with E-state index in [1.54, 1.807) is 0 Å². The van der Waals surface area contributed by atoms with Crippen LogP contribution in [-0.4, -0.2) is 48.9 Å². The summed E-state index contributed by atoms with van der Waals surface area (Å²) in [5, 5.41) is 6.26. The van der Waals surface area contributed by atoms with Gasteiger partial charge in [-0.05, 0) is 38.1 Å². The van der Waals surface area contributed by atoms with Crippen LogP contribution in [0.5, 0.6) is 0 Å². The average molecular weight is 318 g/mol. The number of piperidine rings is 1. The molecule has 122 valence electrons. The molecule has 21 heavy (non-hydrogen) atoms. The molecular weight excluding hydrogens is 290 g/mol. The molecule has 2 amide bonds. The molecule has 2 rings (SSSR count). The topological polar surface area (TPSA) is 61.4 Å². The average Bonchev–Trinajstić information content (AvgIpc) is 2.98. The zero-order valence-electron chi connectivity index (χ0n) is 13.1. The van der Waals surface area contributed by atoms with E-state index in [1.165, 1.54) is 0 Å². The first-order valence-electron chi connectivity index (χ1n) is 7.88. The highest BCUT2D eigenvalue weighted by Crippen LogP contribution is 2.18. The van der Waals surface area contributed by atoms with Crippen LogP contribution in [0.4, 0.5) is 0 Å². The number of nitrogens with zero attached hydrogens (tertiary/aromatic N) is 1. The number of carbonyl (C=O) groups excluding carboxylic acids is 2. The van der Waals surface area contributed by atoms with Crippen LogP contribution in [0.25, 0.3) is 0 Å². The van der Waals surface area contributed by atoms with Gasteiger partial charge in [-0.25, -0.2) is 0 Å². The lowest BCUT2D eigenvalue weighted by Gasteiger charge is -2.34. The largest absolute Gasteiger partial charge is 0.356 e. The Labute approximate surface area is 133 Å². The normalized spacial score (nSPS) is 25.6. The summed E-state index contributed by atoms with van der Waals surface area (Å²) in [6.07, 6.45) is 4.20. The number of amides is 2. The first kappa shape index (κ1) is 18.2. The fourth-order valence-corrected chi connectivity index (χ4v) is 3.00. The van der Waals surface area contributed by atoms with Crippen LogP contribution in [0, 0.1) is 11.8 Å². The minimum Gasteiger partial charge on any atom is -0.356 e. The third-order valence-corrected chi connectivity index (χ3v) is 4.28. The molecule has 2 atom stereocenters. The molecule has 2 saturated heterocycles. The van der Waals surface area contributed by atoms with Crippen LogP contribution in [0.1, 0.15) is 39.5 Å². The van der Waals surface area contributed by atoms with E-state index in [0.29, 0.717) is 12.5 Å². The molecule has 2 aliphatic heterocycles. The molecule has 0 radical (unpaired) electrons. The maximum Gasteiger partial charge on any atom is 0.239 e. The SMILES string of the molecule is CC(C)C(=O)NCC1CCCN(C(=O)C2CCCN2)C1.Cl. The molecule has 0 aromatic rings. The van der Waals surface area contributed by atoms with Crippen molar-refractivity contribution < 1.29 is 9.59 Å². The summed E-state index contributed by atoms with van der Waals surface area (Å²) in [6.45, 7) is 7.10. The lowest BCUT2D eigenvalue weighted by atomic mass is 9.97. The Bertz CT molecular complexity index is 357. The van der Waals surface area contributed by atoms with Crippen molar-refractivity contribution in [2.45, 2.75) is 45.6 Å². The lowest BCUT2D eigenvalue weighted by Crippen LogP contribution is -2.49. The van der Waals surface area contributed by atoms with Crippen molar-refractivity contribution in [3.05, 3.63) is 0 Å². The van der Waals surface area contributed by atoms with Gasteiger partial charge in [0, 0.05) is 25.6 Å². The maximum atomic E-state index is 12.4. The number of carbonyl (C=O) groups is 2. The van der Waals surface area contributed by atoms with E-state index in [2.05, 4.69) is 10.6 Å². The monoisotopic (exact) mass is 317 g/mol. The predicted octanol–water partition coefficient (Wildman–Crippen LogP) is 1.17. The van der Waals surface area contributed by atoms with Crippen molar-refractivity contribution in [3.63, 3.8) is 0 Å². The Morgan fingerprint density at radius 3 is 2.67 bits per heavy atom. The van der Waals surface area contributed by atoms with Crippen molar-refractivity contribution in [2.75, 3.05) is 26.2 Å². The summed E-state index contributed by atoms with van der Waals surface area (Å²) in [5.41, 5.74) is 0. The number of hydrogen-bond acceptors (Lipinski definition) is 3.